The minimum absolute atomic E-state index is 0.00208. The molecule has 118 valence electrons. The lowest BCUT2D eigenvalue weighted by Crippen LogP contribution is -2.41. The van der Waals surface area contributed by atoms with E-state index in [1.807, 2.05) is 19.0 Å². The highest BCUT2D eigenvalue weighted by molar-refractivity contribution is 7.91. The highest BCUT2D eigenvalue weighted by atomic mass is 32.2. The summed E-state index contributed by atoms with van der Waals surface area (Å²) in [6.07, 6.45) is -0.308. The standard InChI is InChI=1S/C12H18N2O5S2/c1-13(2)5-9-4-10(15)6-14(9)21(18,19)11-3-8(7-20-11)12(16)17/h3,7,9-10,15H,4-6H2,1-2H3,(H,16,17). The zero-order valence-corrected chi connectivity index (χ0v) is 13.4. The maximum absolute atomic E-state index is 12.6. The molecular formula is C12H18N2O5S2. The third-order valence-corrected chi connectivity index (χ3v) is 6.64. The largest absolute Gasteiger partial charge is 0.478 e. The Kier molecular flexibility index (Phi) is 4.69. The van der Waals surface area contributed by atoms with E-state index in [0.717, 1.165) is 11.3 Å². The van der Waals surface area contributed by atoms with Crippen LogP contribution in [0.4, 0.5) is 0 Å². The molecule has 0 bridgehead atoms. The van der Waals surface area contributed by atoms with Gasteiger partial charge in [0, 0.05) is 24.5 Å². The number of aliphatic hydroxyl groups excluding tert-OH is 1. The average Bonchev–Trinajstić information content (AvgIpc) is 2.95. The van der Waals surface area contributed by atoms with Gasteiger partial charge in [-0.2, -0.15) is 4.31 Å². The van der Waals surface area contributed by atoms with E-state index >= 15 is 0 Å². The molecule has 1 fully saturated rings. The number of nitrogens with zero attached hydrogens (tertiary/aromatic N) is 2. The molecule has 2 rings (SSSR count). The van der Waals surface area contributed by atoms with Crippen molar-refractivity contribution in [2.24, 2.45) is 0 Å². The van der Waals surface area contributed by atoms with Crippen molar-refractivity contribution in [2.45, 2.75) is 22.8 Å². The van der Waals surface area contributed by atoms with Crippen molar-refractivity contribution in [2.75, 3.05) is 27.2 Å². The van der Waals surface area contributed by atoms with Crippen LogP contribution in [0.5, 0.6) is 0 Å². The SMILES string of the molecule is CN(C)CC1CC(O)CN1S(=O)(=O)c1cc(C(=O)O)cs1. The van der Waals surface area contributed by atoms with Gasteiger partial charge in [0.25, 0.3) is 10.0 Å². The number of aromatic carboxylic acids is 1. The molecule has 0 radical (unpaired) electrons. The fraction of sp³-hybridized carbons (Fsp3) is 0.583. The number of thiophene rings is 1. The summed E-state index contributed by atoms with van der Waals surface area (Å²) >= 11 is 0.888. The molecule has 1 aromatic heterocycles. The predicted molar refractivity (Wildman–Crippen MR) is 78.1 cm³/mol. The van der Waals surface area contributed by atoms with E-state index in [0.29, 0.717) is 13.0 Å². The lowest BCUT2D eigenvalue weighted by molar-refractivity contribution is 0.0697. The Labute approximate surface area is 127 Å². The number of sulfonamides is 1. The predicted octanol–water partition coefficient (Wildman–Crippen LogP) is 0.132. The maximum atomic E-state index is 12.6. The lowest BCUT2D eigenvalue weighted by atomic mass is 10.2. The van der Waals surface area contributed by atoms with Gasteiger partial charge in [0.15, 0.2) is 0 Å². The second-order valence-electron chi connectivity index (χ2n) is 5.34. The Balaban J connectivity index is 2.30. The van der Waals surface area contributed by atoms with Crippen molar-refractivity contribution in [3.05, 3.63) is 17.0 Å². The summed E-state index contributed by atoms with van der Waals surface area (Å²) in [4.78, 5) is 12.7. The number of β-amino-alcohol motifs (C(OH)–C–C–N with tert-alkyl or cyclic N) is 1. The molecule has 1 aliphatic heterocycles. The molecule has 1 aromatic rings. The molecule has 9 heteroatoms. The second kappa shape index (κ2) is 6.01. The molecule has 0 amide bonds. The monoisotopic (exact) mass is 334 g/mol. The van der Waals surface area contributed by atoms with Crippen molar-refractivity contribution in [3.8, 4) is 0 Å². The van der Waals surface area contributed by atoms with Crippen molar-refractivity contribution >= 4 is 27.3 Å². The van der Waals surface area contributed by atoms with Crippen LogP contribution in [-0.2, 0) is 10.0 Å². The Bertz CT molecular complexity index is 625. The van der Waals surface area contributed by atoms with Crippen LogP contribution in [0.1, 0.15) is 16.8 Å². The number of aliphatic hydroxyl groups is 1. The van der Waals surface area contributed by atoms with Gasteiger partial charge in [-0.15, -0.1) is 11.3 Å². The second-order valence-corrected chi connectivity index (χ2v) is 8.37. The third kappa shape index (κ3) is 3.43. The fourth-order valence-corrected chi connectivity index (χ4v) is 5.37. The first-order valence-corrected chi connectivity index (χ1v) is 8.70. The number of rotatable bonds is 5. The van der Waals surface area contributed by atoms with Crippen LogP contribution in [-0.4, -0.2) is 73.1 Å². The topological polar surface area (TPSA) is 98.2 Å². The molecular weight excluding hydrogens is 316 g/mol. The van der Waals surface area contributed by atoms with E-state index < -0.39 is 22.1 Å². The van der Waals surface area contributed by atoms with Crippen LogP contribution in [0.3, 0.4) is 0 Å². The average molecular weight is 334 g/mol. The zero-order valence-electron chi connectivity index (χ0n) is 11.8. The van der Waals surface area contributed by atoms with Crippen LogP contribution < -0.4 is 0 Å². The fourth-order valence-electron chi connectivity index (χ4n) is 2.42. The zero-order chi connectivity index (χ0) is 15.8. The van der Waals surface area contributed by atoms with E-state index in [1.165, 1.54) is 15.8 Å². The highest BCUT2D eigenvalue weighted by Gasteiger charge is 2.40. The summed E-state index contributed by atoms with van der Waals surface area (Å²) in [5.74, 6) is -1.15. The van der Waals surface area contributed by atoms with Crippen LogP contribution in [0, 0.1) is 0 Å². The van der Waals surface area contributed by atoms with Gasteiger partial charge in [-0.3, -0.25) is 0 Å². The van der Waals surface area contributed by atoms with Gasteiger partial charge in [0.2, 0.25) is 0 Å². The lowest BCUT2D eigenvalue weighted by Gasteiger charge is -2.25. The molecule has 2 unspecified atom stereocenters. The molecule has 0 aliphatic carbocycles. The Hall–Kier alpha value is -1.00. The van der Waals surface area contributed by atoms with Gasteiger partial charge in [0.1, 0.15) is 4.21 Å². The van der Waals surface area contributed by atoms with E-state index in [9.17, 15) is 18.3 Å². The maximum Gasteiger partial charge on any atom is 0.336 e. The molecule has 2 N–H and O–H groups in total. The molecule has 1 aliphatic rings. The normalized spacial score (nSPS) is 23.8. The number of carboxylic acid groups (broad SMARTS) is 1. The summed E-state index contributed by atoms with van der Waals surface area (Å²) in [6, 6.07) is 0.857. The van der Waals surface area contributed by atoms with Crippen molar-refractivity contribution < 1.29 is 23.4 Å². The van der Waals surface area contributed by atoms with Gasteiger partial charge < -0.3 is 15.1 Å². The molecule has 2 atom stereocenters. The first kappa shape index (κ1) is 16.4. The Morgan fingerprint density at radius 1 is 1.52 bits per heavy atom. The summed E-state index contributed by atoms with van der Waals surface area (Å²) in [7, 11) is -0.104. The quantitative estimate of drug-likeness (QED) is 0.794. The Morgan fingerprint density at radius 3 is 2.71 bits per heavy atom. The number of hydrogen-bond donors (Lipinski definition) is 2. The van der Waals surface area contributed by atoms with E-state index in [4.69, 9.17) is 5.11 Å². The summed E-state index contributed by atoms with van der Waals surface area (Å²) in [6.45, 7) is 0.550. The summed E-state index contributed by atoms with van der Waals surface area (Å²) < 4.78 is 26.5. The summed E-state index contributed by atoms with van der Waals surface area (Å²) in [5, 5.41) is 20.0. The summed E-state index contributed by atoms with van der Waals surface area (Å²) in [5.41, 5.74) is -0.0394. The minimum atomic E-state index is -3.78. The van der Waals surface area contributed by atoms with Crippen molar-refractivity contribution in [3.63, 3.8) is 0 Å². The van der Waals surface area contributed by atoms with E-state index in [-0.39, 0.29) is 22.4 Å². The van der Waals surface area contributed by atoms with Gasteiger partial charge in [-0.1, -0.05) is 0 Å². The molecule has 21 heavy (non-hydrogen) atoms. The van der Waals surface area contributed by atoms with Gasteiger partial charge in [0.05, 0.1) is 11.7 Å². The van der Waals surface area contributed by atoms with Crippen molar-refractivity contribution in [1.82, 2.24) is 9.21 Å². The number of carboxylic acids is 1. The van der Waals surface area contributed by atoms with Crippen LogP contribution in [0.15, 0.2) is 15.7 Å². The number of carbonyl (C=O) groups is 1. The highest BCUT2D eigenvalue weighted by Crippen LogP contribution is 2.30. The molecule has 2 heterocycles. The van der Waals surface area contributed by atoms with Crippen molar-refractivity contribution in [1.29, 1.82) is 0 Å². The molecule has 1 saturated heterocycles. The molecule has 0 saturated carbocycles. The van der Waals surface area contributed by atoms with Crippen LogP contribution in [0.25, 0.3) is 0 Å². The first-order valence-electron chi connectivity index (χ1n) is 6.38. The minimum Gasteiger partial charge on any atom is -0.478 e. The molecule has 7 nitrogen and oxygen atoms in total. The van der Waals surface area contributed by atoms with Crippen LogP contribution in [0.2, 0.25) is 0 Å². The first-order chi connectivity index (χ1) is 9.71. The Morgan fingerprint density at radius 2 is 2.19 bits per heavy atom. The molecule has 0 aromatic carbocycles. The third-order valence-electron chi connectivity index (χ3n) is 3.30. The van der Waals surface area contributed by atoms with E-state index in [2.05, 4.69) is 0 Å². The van der Waals surface area contributed by atoms with Crippen LogP contribution >= 0.6 is 11.3 Å². The number of likely N-dealkylation sites (N-methyl/N-ethyl adjacent to an activating group) is 1. The van der Waals surface area contributed by atoms with Gasteiger partial charge in [-0.05, 0) is 26.6 Å². The van der Waals surface area contributed by atoms with Gasteiger partial charge in [-0.25, -0.2) is 13.2 Å². The molecule has 0 spiro atoms. The van der Waals surface area contributed by atoms with Gasteiger partial charge >= 0.3 is 5.97 Å². The van der Waals surface area contributed by atoms with E-state index in [1.54, 1.807) is 0 Å². The number of hydrogen-bond acceptors (Lipinski definition) is 6. The smallest absolute Gasteiger partial charge is 0.336 e.